The molecule has 0 unspecified atom stereocenters. The van der Waals surface area contributed by atoms with Crippen molar-refractivity contribution in [2.75, 3.05) is 5.32 Å². The number of hydrogen-bond acceptors (Lipinski definition) is 5. The SMILES string of the molecule is CCC(CC)NC(=O)c1cc(C(=O)Nc2ccc(Oc3ccc(C(CC)CC)cc3)cc2)c(C(=O)O)cc1C(=O)O. The van der Waals surface area contributed by atoms with Crippen LogP contribution in [-0.4, -0.2) is 40.0 Å². The molecule has 4 N–H and O–H groups in total. The monoisotopic (exact) mass is 560 g/mol. The second-order valence-corrected chi connectivity index (χ2v) is 9.70. The van der Waals surface area contributed by atoms with E-state index in [2.05, 4.69) is 36.6 Å². The van der Waals surface area contributed by atoms with Gasteiger partial charge in [0.15, 0.2) is 0 Å². The summed E-state index contributed by atoms with van der Waals surface area (Å²) < 4.78 is 5.91. The Bertz CT molecular complexity index is 1390. The Labute approximate surface area is 239 Å². The molecule has 216 valence electrons. The number of ether oxygens (including phenoxy) is 1. The van der Waals surface area contributed by atoms with E-state index in [1.807, 2.05) is 26.0 Å². The number of benzene rings is 3. The Balaban J connectivity index is 1.82. The maximum absolute atomic E-state index is 13.2. The van der Waals surface area contributed by atoms with Gasteiger partial charge in [0.05, 0.1) is 22.3 Å². The van der Waals surface area contributed by atoms with E-state index in [0.29, 0.717) is 35.9 Å². The van der Waals surface area contributed by atoms with E-state index in [-0.39, 0.29) is 17.2 Å². The zero-order valence-corrected chi connectivity index (χ0v) is 23.7. The van der Waals surface area contributed by atoms with E-state index in [9.17, 15) is 29.4 Å². The van der Waals surface area contributed by atoms with Crippen molar-refractivity contribution in [2.24, 2.45) is 0 Å². The van der Waals surface area contributed by atoms with Gasteiger partial charge in [-0.25, -0.2) is 9.59 Å². The van der Waals surface area contributed by atoms with Crippen molar-refractivity contribution in [1.82, 2.24) is 5.32 Å². The van der Waals surface area contributed by atoms with Crippen molar-refractivity contribution in [3.8, 4) is 11.5 Å². The van der Waals surface area contributed by atoms with Gasteiger partial charge in [0, 0.05) is 11.7 Å². The van der Waals surface area contributed by atoms with Crippen molar-refractivity contribution >= 4 is 29.4 Å². The smallest absolute Gasteiger partial charge is 0.336 e. The molecule has 0 aromatic heterocycles. The van der Waals surface area contributed by atoms with Crippen molar-refractivity contribution in [3.63, 3.8) is 0 Å². The average Bonchev–Trinajstić information content (AvgIpc) is 2.97. The maximum atomic E-state index is 13.2. The van der Waals surface area contributed by atoms with Gasteiger partial charge in [-0.05, 0) is 85.7 Å². The Hall–Kier alpha value is -4.66. The highest BCUT2D eigenvalue weighted by Crippen LogP contribution is 2.28. The van der Waals surface area contributed by atoms with Gasteiger partial charge in [-0.3, -0.25) is 9.59 Å². The van der Waals surface area contributed by atoms with Gasteiger partial charge < -0.3 is 25.6 Å². The molecular formula is C32H36N2O7. The topological polar surface area (TPSA) is 142 Å². The molecule has 0 aliphatic rings. The molecule has 3 aromatic rings. The molecule has 0 aliphatic heterocycles. The molecule has 0 spiro atoms. The van der Waals surface area contributed by atoms with Gasteiger partial charge in [0.1, 0.15) is 11.5 Å². The fourth-order valence-corrected chi connectivity index (χ4v) is 4.59. The zero-order chi connectivity index (χ0) is 30.1. The summed E-state index contributed by atoms with van der Waals surface area (Å²) in [6.07, 6.45) is 3.37. The predicted molar refractivity (Wildman–Crippen MR) is 156 cm³/mol. The van der Waals surface area contributed by atoms with Gasteiger partial charge in [-0.2, -0.15) is 0 Å². The Morgan fingerprint density at radius 1 is 0.659 bits per heavy atom. The van der Waals surface area contributed by atoms with Crippen LogP contribution in [0.5, 0.6) is 11.5 Å². The van der Waals surface area contributed by atoms with Crippen LogP contribution in [0, 0.1) is 0 Å². The molecule has 9 heteroatoms. The fourth-order valence-electron chi connectivity index (χ4n) is 4.59. The summed E-state index contributed by atoms with van der Waals surface area (Å²) in [6, 6.07) is 16.1. The third kappa shape index (κ3) is 7.72. The second kappa shape index (κ2) is 14.1. The molecule has 3 aromatic carbocycles. The van der Waals surface area contributed by atoms with Crippen molar-refractivity contribution in [2.45, 2.75) is 65.3 Å². The molecule has 0 radical (unpaired) electrons. The van der Waals surface area contributed by atoms with Crippen molar-refractivity contribution in [3.05, 3.63) is 88.5 Å². The summed E-state index contributed by atoms with van der Waals surface area (Å²) in [5.74, 6) is -2.77. The van der Waals surface area contributed by atoms with Crippen LogP contribution in [0.25, 0.3) is 0 Å². The van der Waals surface area contributed by atoms with Crippen molar-refractivity contribution < 1.29 is 34.1 Å². The number of carboxylic acids is 2. The van der Waals surface area contributed by atoms with Gasteiger partial charge in [-0.1, -0.05) is 39.8 Å². The van der Waals surface area contributed by atoms with E-state index in [4.69, 9.17) is 4.74 Å². The molecule has 9 nitrogen and oxygen atoms in total. The molecule has 2 amide bonds. The first-order valence-electron chi connectivity index (χ1n) is 13.8. The molecule has 3 rings (SSSR count). The highest BCUT2D eigenvalue weighted by Gasteiger charge is 2.26. The molecule has 0 atom stereocenters. The minimum absolute atomic E-state index is 0.205. The third-order valence-electron chi connectivity index (χ3n) is 7.11. The number of amides is 2. The summed E-state index contributed by atoms with van der Waals surface area (Å²) >= 11 is 0. The number of carbonyl (C=O) groups is 4. The molecule has 0 saturated heterocycles. The molecule has 0 fully saturated rings. The van der Waals surface area contributed by atoms with E-state index in [1.165, 1.54) is 5.56 Å². The summed E-state index contributed by atoms with van der Waals surface area (Å²) in [7, 11) is 0. The Kier molecular flexibility index (Phi) is 10.6. The standard InChI is InChI=1S/C32H36N2O7/c1-5-19(6-2)20-9-13-23(14-10-20)41-24-15-11-22(12-16-24)34-30(36)26-17-25(29(35)33-21(7-3)8-4)27(31(37)38)18-28(26)32(39)40/h9-19,21H,5-8H2,1-4H3,(H,33,35)(H,34,36)(H,37,38)(H,39,40). The lowest BCUT2D eigenvalue weighted by Crippen LogP contribution is -2.35. The molecule has 0 bridgehead atoms. The average molecular weight is 561 g/mol. The second-order valence-electron chi connectivity index (χ2n) is 9.70. The van der Waals surface area contributed by atoms with Crippen LogP contribution >= 0.6 is 0 Å². The summed E-state index contributed by atoms with van der Waals surface area (Å²) in [4.78, 5) is 49.8. The Morgan fingerprint density at radius 3 is 1.59 bits per heavy atom. The quantitative estimate of drug-likeness (QED) is 0.177. The third-order valence-corrected chi connectivity index (χ3v) is 7.11. The number of aromatic carboxylic acids is 2. The van der Waals surface area contributed by atoms with Gasteiger partial charge in [0.2, 0.25) is 0 Å². The number of hydrogen-bond donors (Lipinski definition) is 4. The normalized spacial score (nSPS) is 10.9. The Morgan fingerprint density at radius 2 is 1.12 bits per heavy atom. The first-order valence-corrected chi connectivity index (χ1v) is 13.8. The van der Waals surface area contributed by atoms with Gasteiger partial charge in [0.25, 0.3) is 11.8 Å². The number of rotatable bonds is 13. The lowest BCUT2D eigenvalue weighted by atomic mass is 9.94. The molecule has 0 heterocycles. The number of carboxylic acid groups (broad SMARTS) is 2. The lowest BCUT2D eigenvalue weighted by Gasteiger charge is -2.17. The van der Waals surface area contributed by atoms with Crippen molar-refractivity contribution in [1.29, 1.82) is 0 Å². The van der Waals surface area contributed by atoms with Crippen LogP contribution in [0.2, 0.25) is 0 Å². The molecule has 0 saturated carbocycles. The van der Waals surface area contributed by atoms with Crippen LogP contribution in [0.15, 0.2) is 60.7 Å². The van der Waals surface area contributed by atoms with Crippen LogP contribution in [-0.2, 0) is 0 Å². The van der Waals surface area contributed by atoms with Gasteiger partial charge in [-0.15, -0.1) is 0 Å². The zero-order valence-electron chi connectivity index (χ0n) is 23.7. The molecule has 0 aliphatic carbocycles. The number of nitrogens with one attached hydrogen (secondary N) is 2. The summed E-state index contributed by atoms with van der Waals surface area (Å²) in [5, 5.41) is 24.7. The lowest BCUT2D eigenvalue weighted by molar-refractivity contribution is 0.0688. The fraction of sp³-hybridized carbons (Fsp3) is 0.312. The number of anilines is 1. The maximum Gasteiger partial charge on any atom is 0.336 e. The van der Waals surface area contributed by atoms with E-state index < -0.39 is 34.9 Å². The minimum Gasteiger partial charge on any atom is -0.478 e. The highest BCUT2D eigenvalue weighted by molar-refractivity contribution is 6.14. The van der Waals surface area contributed by atoms with E-state index in [0.717, 1.165) is 25.0 Å². The van der Waals surface area contributed by atoms with Gasteiger partial charge >= 0.3 is 11.9 Å². The largest absolute Gasteiger partial charge is 0.478 e. The highest BCUT2D eigenvalue weighted by atomic mass is 16.5. The first kappa shape index (κ1) is 30.9. The van der Waals surface area contributed by atoms with Crippen LogP contribution < -0.4 is 15.4 Å². The molecule has 41 heavy (non-hydrogen) atoms. The first-order chi connectivity index (χ1) is 19.6. The summed E-state index contributed by atoms with van der Waals surface area (Å²) in [6.45, 7) is 8.08. The minimum atomic E-state index is -1.50. The molecular weight excluding hydrogens is 524 g/mol. The predicted octanol–water partition coefficient (Wildman–Crippen LogP) is 6.95. The van der Waals surface area contributed by atoms with E-state index >= 15 is 0 Å². The van der Waals surface area contributed by atoms with Crippen LogP contribution in [0.1, 0.15) is 106 Å². The van der Waals surface area contributed by atoms with Crippen LogP contribution in [0.4, 0.5) is 5.69 Å². The summed E-state index contributed by atoms with van der Waals surface area (Å²) in [5.41, 5.74) is -0.0528. The van der Waals surface area contributed by atoms with E-state index in [1.54, 1.807) is 24.3 Å². The number of carbonyl (C=O) groups excluding carboxylic acids is 2. The van der Waals surface area contributed by atoms with Crippen LogP contribution in [0.3, 0.4) is 0 Å².